The summed E-state index contributed by atoms with van der Waals surface area (Å²) in [4.78, 5) is 0. The zero-order chi connectivity index (χ0) is 5.28. The van der Waals surface area contributed by atoms with Crippen LogP contribution in [0.25, 0.3) is 0 Å². The van der Waals surface area contributed by atoms with Crippen LogP contribution >= 0.6 is 8.30 Å². The van der Waals surface area contributed by atoms with Gasteiger partial charge in [-0.1, -0.05) is 0 Å². The minimum atomic E-state index is -0.193. The molecule has 7 heavy (non-hydrogen) atoms. The van der Waals surface area contributed by atoms with Crippen molar-refractivity contribution in [1.29, 1.82) is 0 Å². The molecular formula is C4H10NOP. The molecule has 0 aliphatic carbocycles. The summed E-state index contributed by atoms with van der Waals surface area (Å²) >= 11 is 0. The van der Waals surface area contributed by atoms with Gasteiger partial charge in [0, 0.05) is 6.54 Å². The zero-order valence-electron chi connectivity index (χ0n) is 4.72. The molecule has 1 aliphatic heterocycles. The lowest BCUT2D eigenvalue weighted by molar-refractivity contribution is 0.395. The van der Waals surface area contributed by atoms with E-state index in [4.69, 9.17) is 4.52 Å². The van der Waals surface area contributed by atoms with Crippen LogP contribution in [0, 0.1) is 0 Å². The van der Waals surface area contributed by atoms with Gasteiger partial charge < -0.3 is 4.52 Å². The van der Waals surface area contributed by atoms with E-state index < -0.39 is 0 Å². The second-order valence-corrected chi connectivity index (χ2v) is 3.55. The van der Waals surface area contributed by atoms with Crippen LogP contribution in [0.3, 0.4) is 0 Å². The van der Waals surface area contributed by atoms with E-state index in [0.29, 0.717) is 0 Å². The van der Waals surface area contributed by atoms with Gasteiger partial charge in [0.05, 0.1) is 6.61 Å². The van der Waals surface area contributed by atoms with Crippen LogP contribution in [-0.2, 0) is 4.52 Å². The molecule has 1 saturated heterocycles. The fourth-order valence-corrected chi connectivity index (χ4v) is 1.45. The third-order valence-electron chi connectivity index (χ3n) is 1.17. The average molecular weight is 119 g/mol. The van der Waals surface area contributed by atoms with Crippen molar-refractivity contribution in [3.05, 3.63) is 0 Å². The van der Waals surface area contributed by atoms with Gasteiger partial charge in [-0.2, -0.15) is 0 Å². The molecule has 1 unspecified atom stereocenters. The Hall–Kier alpha value is 0.350. The van der Waals surface area contributed by atoms with E-state index in [0.717, 1.165) is 13.2 Å². The molecule has 0 radical (unpaired) electrons. The summed E-state index contributed by atoms with van der Waals surface area (Å²) in [5.74, 6) is 0. The van der Waals surface area contributed by atoms with Gasteiger partial charge in [0.1, 0.15) is 8.30 Å². The maximum Gasteiger partial charge on any atom is 0.100 e. The van der Waals surface area contributed by atoms with Crippen LogP contribution in [0.5, 0.6) is 0 Å². The van der Waals surface area contributed by atoms with Crippen molar-refractivity contribution in [2.24, 2.45) is 0 Å². The molecular weight excluding hydrogens is 109 g/mol. The van der Waals surface area contributed by atoms with Gasteiger partial charge in [-0.15, -0.1) is 0 Å². The lowest BCUT2D eigenvalue weighted by Gasteiger charge is -2.09. The second-order valence-electron chi connectivity index (χ2n) is 1.68. The molecule has 0 spiro atoms. The fraction of sp³-hybridized carbons (Fsp3) is 1.00. The number of hydrogen-bond acceptors (Lipinski definition) is 2. The van der Waals surface area contributed by atoms with Gasteiger partial charge in [0.2, 0.25) is 0 Å². The predicted molar refractivity (Wildman–Crippen MR) is 31.4 cm³/mol. The van der Waals surface area contributed by atoms with E-state index in [1.54, 1.807) is 0 Å². The summed E-state index contributed by atoms with van der Waals surface area (Å²) < 4.78 is 7.50. The monoisotopic (exact) mass is 119 g/mol. The molecule has 0 amide bonds. The van der Waals surface area contributed by atoms with Crippen LogP contribution in [-0.4, -0.2) is 31.5 Å². The Morgan fingerprint density at radius 1 is 1.71 bits per heavy atom. The van der Waals surface area contributed by atoms with Crippen LogP contribution in [0.4, 0.5) is 0 Å². The van der Waals surface area contributed by atoms with Gasteiger partial charge in [0.25, 0.3) is 0 Å². The third kappa shape index (κ3) is 1.12. The molecule has 1 atom stereocenters. The summed E-state index contributed by atoms with van der Waals surface area (Å²) in [6.45, 7) is 4.17. The highest BCUT2D eigenvalue weighted by Gasteiger charge is 2.15. The van der Waals surface area contributed by atoms with Gasteiger partial charge in [-0.05, 0) is 13.7 Å². The van der Waals surface area contributed by atoms with Crippen molar-refractivity contribution in [1.82, 2.24) is 4.67 Å². The number of hydrogen-bond donors (Lipinski definition) is 0. The van der Waals surface area contributed by atoms with E-state index in [-0.39, 0.29) is 8.30 Å². The summed E-state index contributed by atoms with van der Waals surface area (Å²) in [5, 5.41) is 0. The second kappa shape index (κ2) is 2.08. The molecule has 1 fully saturated rings. The lowest BCUT2D eigenvalue weighted by Crippen LogP contribution is -2.05. The van der Waals surface area contributed by atoms with Gasteiger partial charge in [-0.3, -0.25) is 4.67 Å². The van der Waals surface area contributed by atoms with E-state index in [1.807, 2.05) is 0 Å². The minimum absolute atomic E-state index is 0.193. The van der Waals surface area contributed by atoms with E-state index in [2.05, 4.69) is 18.4 Å². The Balaban J connectivity index is 2.33. The number of nitrogens with zero attached hydrogens (tertiary/aromatic N) is 1. The van der Waals surface area contributed by atoms with Crippen LogP contribution in [0.2, 0.25) is 0 Å². The van der Waals surface area contributed by atoms with Crippen LogP contribution < -0.4 is 0 Å². The molecule has 0 aromatic carbocycles. The van der Waals surface area contributed by atoms with Crippen LogP contribution in [0.15, 0.2) is 0 Å². The van der Waals surface area contributed by atoms with Crippen LogP contribution in [0.1, 0.15) is 0 Å². The Morgan fingerprint density at radius 3 is 2.57 bits per heavy atom. The topological polar surface area (TPSA) is 12.5 Å². The van der Waals surface area contributed by atoms with Gasteiger partial charge in [0.15, 0.2) is 0 Å². The molecule has 3 heteroatoms. The summed E-state index contributed by atoms with van der Waals surface area (Å²) in [5.41, 5.74) is 0. The first-order valence-corrected chi connectivity index (χ1v) is 4.04. The first-order chi connectivity index (χ1) is 3.30. The summed E-state index contributed by atoms with van der Waals surface area (Å²) in [6.07, 6.45) is 0. The highest BCUT2D eigenvalue weighted by atomic mass is 31.2. The molecule has 2 nitrogen and oxygen atoms in total. The smallest absolute Gasteiger partial charge is 0.100 e. The Kier molecular flexibility index (Phi) is 1.63. The largest absolute Gasteiger partial charge is 0.342 e. The molecule has 0 aromatic rings. The van der Waals surface area contributed by atoms with Gasteiger partial charge >= 0.3 is 0 Å². The molecule has 0 saturated carbocycles. The van der Waals surface area contributed by atoms with E-state index in [9.17, 15) is 0 Å². The zero-order valence-corrected chi connectivity index (χ0v) is 5.61. The average Bonchev–Trinajstić information content (AvgIpc) is 1.91. The highest BCUT2D eigenvalue weighted by Crippen LogP contribution is 2.39. The molecule has 0 aromatic heterocycles. The van der Waals surface area contributed by atoms with E-state index >= 15 is 0 Å². The predicted octanol–water partition coefficient (Wildman–Crippen LogP) is 0.890. The fourth-order valence-electron chi connectivity index (χ4n) is 0.544. The molecule has 1 heterocycles. The van der Waals surface area contributed by atoms with E-state index in [1.165, 1.54) is 0 Å². The SMILES string of the molecule is CN1CCOP1C. The third-order valence-corrected chi connectivity index (χ3v) is 2.89. The van der Waals surface area contributed by atoms with Crippen molar-refractivity contribution in [2.75, 3.05) is 26.9 Å². The van der Waals surface area contributed by atoms with Crippen molar-refractivity contribution >= 4 is 8.30 Å². The molecule has 0 bridgehead atoms. The first kappa shape index (κ1) is 5.49. The minimum Gasteiger partial charge on any atom is -0.342 e. The molecule has 42 valence electrons. The maximum absolute atomic E-state index is 5.26. The Morgan fingerprint density at radius 2 is 2.43 bits per heavy atom. The van der Waals surface area contributed by atoms with Crippen molar-refractivity contribution in [3.63, 3.8) is 0 Å². The maximum atomic E-state index is 5.26. The molecule has 1 aliphatic rings. The number of likely N-dealkylation sites (N-methyl/N-ethyl adjacent to an activating group) is 1. The summed E-state index contributed by atoms with van der Waals surface area (Å²) in [7, 11) is 1.90. The first-order valence-electron chi connectivity index (χ1n) is 2.38. The summed E-state index contributed by atoms with van der Waals surface area (Å²) in [6, 6.07) is 0. The van der Waals surface area contributed by atoms with Gasteiger partial charge in [-0.25, -0.2) is 0 Å². The quantitative estimate of drug-likeness (QED) is 0.439. The standard InChI is InChI=1S/C4H10NOP/c1-5-3-4-6-7(5)2/h3-4H2,1-2H3. The van der Waals surface area contributed by atoms with Crippen molar-refractivity contribution in [2.45, 2.75) is 0 Å². The normalized spacial score (nSPS) is 34.3. The van der Waals surface area contributed by atoms with Crippen molar-refractivity contribution in [3.8, 4) is 0 Å². The Labute approximate surface area is 45.3 Å². The lowest BCUT2D eigenvalue weighted by atomic mass is 10.7. The molecule has 0 N–H and O–H groups in total. The highest BCUT2D eigenvalue weighted by molar-refractivity contribution is 7.49. The molecule has 1 rings (SSSR count). The van der Waals surface area contributed by atoms with Crippen molar-refractivity contribution < 1.29 is 4.52 Å². The Bertz CT molecular complexity index is 60.7. The number of rotatable bonds is 0.